The smallest absolute Gasteiger partial charge is 0.129 e. The van der Waals surface area contributed by atoms with E-state index in [4.69, 9.17) is 17.3 Å². The van der Waals surface area contributed by atoms with Crippen LogP contribution in [-0.2, 0) is 7.05 Å². The first kappa shape index (κ1) is 15.1. The van der Waals surface area contributed by atoms with Gasteiger partial charge < -0.3 is 5.73 Å². The summed E-state index contributed by atoms with van der Waals surface area (Å²) in [7, 11) is 1.84. The molecule has 0 spiro atoms. The van der Waals surface area contributed by atoms with Crippen LogP contribution in [0.25, 0.3) is 22.4 Å². The summed E-state index contributed by atoms with van der Waals surface area (Å²) in [4.78, 5) is 0. The molecule has 3 nitrogen and oxygen atoms in total. The predicted molar refractivity (Wildman–Crippen MR) is 96.8 cm³/mol. The SMILES string of the molecule is Cn1nc(-c2cc(Br)sc2Br)c(-c2cccc(Cl)c2)c1N. The van der Waals surface area contributed by atoms with Gasteiger partial charge in [0.2, 0.25) is 0 Å². The molecular weight excluding hydrogens is 438 g/mol. The molecule has 7 heteroatoms. The Balaban J connectivity index is 2.28. The molecule has 0 saturated carbocycles. The average molecular weight is 448 g/mol. The van der Waals surface area contributed by atoms with E-state index >= 15 is 0 Å². The Morgan fingerprint density at radius 1 is 1.29 bits per heavy atom. The van der Waals surface area contributed by atoms with Gasteiger partial charge in [0.05, 0.1) is 13.1 Å². The monoisotopic (exact) mass is 445 g/mol. The van der Waals surface area contributed by atoms with Crippen molar-refractivity contribution in [1.29, 1.82) is 0 Å². The number of halogens is 3. The van der Waals surface area contributed by atoms with E-state index in [1.807, 2.05) is 37.4 Å². The molecule has 0 unspecified atom stereocenters. The Hall–Kier alpha value is -0.820. The number of nitrogens with two attached hydrogens (primary N) is 1. The third-order valence-electron chi connectivity index (χ3n) is 3.12. The lowest BCUT2D eigenvalue weighted by Gasteiger charge is -2.04. The van der Waals surface area contributed by atoms with Gasteiger partial charge in [0.1, 0.15) is 11.5 Å². The second kappa shape index (κ2) is 5.76. The van der Waals surface area contributed by atoms with E-state index in [0.717, 1.165) is 30.0 Å². The molecule has 0 saturated heterocycles. The van der Waals surface area contributed by atoms with Gasteiger partial charge in [0, 0.05) is 17.6 Å². The topological polar surface area (TPSA) is 43.8 Å². The van der Waals surface area contributed by atoms with Gasteiger partial charge in [0.15, 0.2) is 0 Å². The van der Waals surface area contributed by atoms with Crippen molar-refractivity contribution in [2.75, 3.05) is 5.73 Å². The normalized spacial score (nSPS) is 11.0. The molecule has 0 fully saturated rings. The maximum absolute atomic E-state index is 6.21. The molecule has 3 rings (SSSR count). The zero-order valence-corrected chi connectivity index (χ0v) is 15.6. The molecule has 0 atom stereocenters. The number of hydrogen-bond acceptors (Lipinski definition) is 3. The van der Waals surface area contributed by atoms with E-state index in [9.17, 15) is 0 Å². The van der Waals surface area contributed by atoms with Crippen LogP contribution in [0.4, 0.5) is 5.82 Å². The molecule has 2 N–H and O–H groups in total. The molecular formula is C14H10Br2ClN3S. The molecule has 0 aliphatic carbocycles. The van der Waals surface area contributed by atoms with Crippen molar-refractivity contribution in [3.8, 4) is 22.4 Å². The van der Waals surface area contributed by atoms with Crippen molar-refractivity contribution in [3.63, 3.8) is 0 Å². The highest BCUT2D eigenvalue weighted by molar-refractivity contribution is 9.12. The lowest BCUT2D eigenvalue weighted by molar-refractivity contribution is 0.782. The Kier molecular flexibility index (Phi) is 4.14. The van der Waals surface area contributed by atoms with Crippen molar-refractivity contribution in [2.24, 2.45) is 7.05 Å². The minimum atomic E-state index is 0.612. The van der Waals surface area contributed by atoms with Crippen molar-refractivity contribution in [2.45, 2.75) is 0 Å². The van der Waals surface area contributed by atoms with E-state index in [0.29, 0.717) is 10.8 Å². The highest BCUT2D eigenvalue weighted by atomic mass is 79.9. The van der Waals surface area contributed by atoms with Gasteiger partial charge in [-0.3, -0.25) is 4.68 Å². The number of hydrogen-bond donors (Lipinski definition) is 1. The lowest BCUT2D eigenvalue weighted by Crippen LogP contribution is -1.97. The van der Waals surface area contributed by atoms with Gasteiger partial charge >= 0.3 is 0 Å². The summed E-state index contributed by atoms with van der Waals surface area (Å²) in [6.45, 7) is 0. The van der Waals surface area contributed by atoms with Crippen LogP contribution in [-0.4, -0.2) is 9.78 Å². The van der Waals surface area contributed by atoms with Gasteiger partial charge in [-0.1, -0.05) is 23.7 Å². The molecule has 21 heavy (non-hydrogen) atoms. The van der Waals surface area contributed by atoms with Crippen LogP contribution in [0.5, 0.6) is 0 Å². The number of aryl methyl sites for hydroxylation is 1. The first-order valence-corrected chi connectivity index (χ1v) is 8.79. The third kappa shape index (κ3) is 2.77. The van der Waals surface area contributed by atoms with Crippen molar-refractivity contribution in [3.05, 3.63) is 42.9 Å². The Morgan fingerprint density at radius 3 is 2.67 bits per heavy atom. The fourth-order valence-electron chi connectivity index (χ4n) is 2.16. The Bertz CT molecular complexity index is 826. The molecule has 0 amide bonds. The van der Waals surface area contributed by atoms with Crippen molar-refractivity contribution in [1.82, 2.24) is 9.78 Å². The van der Waals surface area contributed by atoms with Gasteiger partial charge in [-0.25, -0.2) is 0 Å². The van der Waals surface area contributed by atoms with Gasteiger partial charge in [-0.2, -0.15) is 5.10 Å². The molecule has 1 aromatic carbocycles. The standard InChI is InChI=1S/C14H10Br2ClN3S/c1-20-14(18)11(7-3-2-4-8(17)5-7)12(19-20)9-6-10(15)21-13(9)16/h2-6H,18H2,1H3. The highest BCUT2D eigenvalue weighted by Crippen LogP contribution is 2.43. The Morgan fingerprint density at radius 2 is 2.05 bits per heavy atom. The summed E-state index contributed by atoms with van der Waals surface area (Å²) in [6.07, 6.45) is 0. The molecule has 2 aromatic heterocycles. The number of nitrogen functional groups attached to an aromatic ring is 1. The molecule has 2 heterocycles. The molecule has 108 valence electrons. The first-order valence-electron chi connectivity index (χ1n) is 6.01. The fraction of sp³-hybridized carbons (Fsp3) is 0.0714. The lowest BCUT2D eigenvalue weighted by atomic mass is 10.0. The summed E-state index contributed by atoms with van der Waals surface area (Å²) in [5, 5.41) is 5.24. The number of benzene rings is 1. The zero-order valence-electron chi connectivity index (χ0n) is 10.9. The van der Waals surface area contributed by atoms with Gasteiger partial charge in [0.25, 0.3) is 0 Å². The average Bonchev–Trinajstić information content (AvgIpc) is 2.90. The van der Waals surface area contributed by atoms with Crippen LogP contribution in [0.3, 0.4) is 0 Å². The highest BCUT2D eigenvalue weighted by Gasteiger charge is 2.20. The fourth-order valence-corrected chi connectivity index (χ4v) is 5.15. The number of anilines is 1. The summed E-state index contributed by atoms with van der Waals surface area (Å²) in [5.41, 5.74) is 9.91. The summed E-state index contributed by atoms with van der Waals surface area (Å²) >= 11 is 14.8. The van der Waals surface area contributed by atoms with E-state index in [1.54, 1.807) is 16.0 Å². The van der Waals surface area contributed by atoms with Crippen LogP contribution < -0.4 is 5.73 Å². The largest absolute Gasteiger partial charge is 0.383 e. The molecule has 0 bridgehead atoms. The van der Waals surface area contributed by atoms with Crippen LogP contribution in [0, 0.1) is 0 Å². The van der Waals surface area contributed by atoms with Gasteiger partial charge in [-0.15, -0.1) is 11.3 Å². The van der Waals surface area contributed by atoms with E-state index in [-0.39, 0.29) is 0 Å². The van der Waals surface area contributed by atoms with E-state index < -0.39 is 0 Å². The maximum atomic E-state index is 6.21. The van der Waals surface area contributed by atoms with Crippen LogP contribution in [0.15, 0.2) is 37.9 Å². The molecule has 0 aliphatic rings. The molecule has 0 radical (unpaired) electrons. The summed E-state index contributed by atoms with van der Waals surface area (Å²) in [5.74, 6) is 0.612. The minimum absolute atomic E-state index is 0.612. The molecule has 3 aromatic rings. The van der Waals surface area contributed by atoms with Crippen molar-refractivity contribution >= 4 is 60.6 Å². The number of thiophene rings is 1. The predicted octanol–water partition coefficient (Wildman–Crippen LogP) is 5.58. The maximum Gasteiger partial charge on any atom is 0.129 e. The van der Waals surface area contributed by atoms with Crippen LogP contribution in [0.1, 0.15) is 0 Å². The zero-order chi connectivity index (χ0) is 15.1. The third-order valence-corrected chi connectivity index (χ3v) is 5.69. The summed E-state index contributed by atoms with van der Waals surface area (Å²) in [6, 6.07) is 9.66. The second-order valence-corrected chi connectivity index (χ2v) is 8.67. The Labute approximate surface area is 148 Å². The van der Waals surface area contributed by atoms with Gasteiger partial charge in [-0.05, 0) is 55.6 Å². The van der Waals surface area contributed by atoms with E-state index in [1.165, 1.54) is 0 Å². The van der Waals surface area contributed by atoms with E-state index in [2.05, 4.69) is 37.0 Å². The number of rotatable bonds is 2. The number of aromatic nitrogens is 2. The summed E-state index contributed by atoms with van der Waals surface area (Å²) < 4.78 is 3.73. The quantitative estimate of drug-likeness (QED) is 0.558. The van der Waals surface area contributed by atoms with Crippen LogP contribution >= 0.6 is 54.8 Å². The minimum Gasteiger partial charge on any atom is -0.383 e. The second-order valence-electron chi connectivity index (χ2n) is 4.48. The van der Waals surface area contributed by atoms with Crippen LogP contribution in [0.2, 0.25) is 5.02 Å². The first-order chi connectivity index (χ1) is 9.97. The number of nitrogens with zero attached hydrogens (tertiary/aromatic N) is 2. The van der Waals surface area contributed by atoms with Crippen molar-refractivity contribution < 1.29 is 0 Å². The molecule has 0 aliphatic heterocycles.